The van der Waals surface area contributed by atoms with Crippen LogP contribution in [-0.2, 0) is 17.9 Å². The van der Waals surface area contributed by atoms with Gasteiger partial charge in [-0.05, 0) is 41.6 Å². The molecule has 2 aromatic rings. The number of carbonyl (C=O) groups is 1. The smallest absolute Gasteiger partial charge is 0.275 e. The number of benzene rings is 1. The lowest BCUT2D eigenvalue weighted by molar-refractivity contribution is -0.885. The summed E-state index contributed by atoms with van der Waals surface area (Å²) in [6.07, 6.45) is 0. The zero-order chi connectivity index (χ0) is 16.8. The minimum Gasteiger partial charge on any atom is -0.378 e. The van der Waals surface area contributed by atoms with Crippen LogP contribution < -0.4 is 15.1 Å². The first kappa shape index (κ1) is 17.5. The van der Waals surface area contributed by atoms with Crippen LogP contribution in [0.5, 0.6) is 0 Å². The van der Waals surface area contributed by atoms with Gasteiger partial charge in [-0.3, -0.25) is 4.79 Å². The Morgan fingerprint density at radius 1 is 1.22 bits per heavy atom. The quantitative estimate of drug-likeness (QED) is 0.805. The van der Waals surface area contributed by atoms with E-state index in [2.05, 4.69) is 59.9 Å². The molecule has 2 N–H and O–H groups in total. The second-order valence-electron chi connectivity index (χ2n) is 6.18. The van der Waals surface area contributed by atoms with Gasteiger partial charge in [0, 0.05) is 26.3 Å². The SMILES string of the molecule is Cc1ccsc1C[NH+](C)CC(=O)NCc1ccc(N(C)C)cc1. The number of thiophene rings is 1. The highest BCUT2D eigenvalue weighted by molar-refractivity contribution is 7.10. The average molecular weight is 332 g/mol. The van der Waals surface area contributed by atoms with Crippen molar-refractivity contribution in [3.8, 4) is 0 Å². The van der Waals surface area contributed by atoms with Gasteiger partial charge in [-0.15, -0.1) is 11.3 Å². The number of nitrogens with zero attached hydrogens (tertiary/aromatic N) is 1. The van der Waals surface area contributed by atoms with Gasteiger partial charge in [0.2, 0.25) is 0 Å². The van der Waals surface area contributed by atoms with Crippen LogP contribution in [0, 0.1) is 6.92 Å². The third-order valence-corrected chi connectivity index (χ3v) is 4.86. The lowest BCUT2D eigenvalue weighted by Crippen LogP contribution is -3.08. The molecule has 0 radical (unpaired) electrons. The second kappa shape index (κ2) is 8.13. The number of rotatable bonds is 7. The zero-order valence-corrected chi connectivity index (χ0v) is 15.2. The summed E-state index contributed by atoms with van der Waals surface area (Å²) in [5, 5.41) is 5.11. The molecule has 1 atom stereocenters. The summed E-state index contributed by atoms with van der Waals surface area (Å²) < 4.78 is 0. The molecule has 0 spiro atoms. The second-order valence-corrected chi connectivity index (χ2v) is 7.18. The fourth-order valence-electron chi connectivity index (χ4n) is 2.37. The largest absolute Gasteiger partial charge is 0.378 e. The molecule has 0 saturated heterocycles. The molecule has 1 unspecified atom stereocenters. The van der Waals surface area contributed by atoms with E-state index in [1.54, 1.807) is 11.3 Å². The molecule has 1 heterocycles. The summed E-state index contributed by atoms with van der Waals surface area (Å²) in [4.78, 5) is 16.7. The summed E-state index contributed by atoms with van der Waals surface area (Å²) in [5.74, 6) is 0.0911. The molecule has 4 nitrogen and oxygen atoms in total. The van der Waals surface area contributed by atoms with Crippen LogP contribution in [0.4, 0.5) is 5.69 Å². The molecular weight excluding hydrogens is 306 g/mol. The molecule has 1 aromatic carbocycles. The van der Waals surface area contributed by atoms with E-state index in [0.29, 0.717) is 13.1 Å². The number of nitrogens with one attached hydrogen (secondary N) is 2. The van der Waals surface area contributed by atoms with Crippen molar-refractivity contribution in [1.82, 2.24) is 5.32 Å². The molecule has 1 aromatic heterocycles. The lowest BCUT2D eigenvalue weighted by atomic mass is 10.2. The molecule has 5 heteroatoms. The number of hydrogen-bond acceptors (Lipinski definition) is 3. The van der Waals surface area contributed by atoms with Crippen molar-refractivity contribution in [2.75, 3.05) is 32.6 Å². The Morgan fingerprint density at radius 3 is 2.48 bits per heavy atom. The van der Waals surface area contributed by atoms with E-state index in [0.717, 1.165) is 17.8 Å². The standard InChI is InChI=1S/C18H25N3OS/c1-14-9-10-23-17(14)12-21(4)13-18(22)19-11-15-5-7-16(8-6-15)20(2)3/h5-10H,11-13H2,1-4H3,(H,19,22)/p+1. The van der Waals surface area contributed by atoms with Crippen molar-refractivity contribution >= 4 is 22.9 Å². The molecule has 0 bridgehead atoms. The minimum absolute atomic E-state index is 0.0911. The first-order valence-electron chi connectivity index (χ1n) is 7.83. The lowest BCUT2D eigenvalue weighted by Gasteiger charge is -2.14. The maximum atomic E-state index is 12.1. The molecule has 0 aliphatic carbocycles. The van der Waals surface area contributed by atoms with Crippen molar-refractivity contribution in [2.24, 2.45) is 0 Å². The van der Waals surface area contributed by atoms with Gasteiger partial charge in [-0.1, -0.05) is 12.1 Å². The van der Waals surface area contributed by atoms with E-state index in [1.165, 1.54) is 15.3 Å². The van der Waals surface area contributed by atoms with Crippen LogP contribution in [0.1, 0.15) is 16.0 Å². The Bertz CT molecular complexity index is 634. The predicted molar refractivity (Wildman–Crippen MR) is 97.1 cm³/mol. The third-order valence-electron chi connectivity index (χ3n) is 3.84. The fraction of sp³-hybridized carbons (Fsp3) is 0.389. The van der Waals surface area contributed by atoms with Crippen LogP contribution in [0.25, 0.3) is 0 Å². The average Bonchev–Trinajstić information content (AvgIpc) is 2.90. The van der Waals surface area contributed by atoms with Gasteiger partial charge in [0.25, 0.3) is 5.91 Å². The Kier molecular flexibility index (Phi) is 6.19. The van der Waals surface area contributed by atoms with Gasteiger partial charge in [0.15, 0.2) is 6.54 Å². The van der Waals surface area contributed by atoms with Crippen molar-refractivity contribution in [3.05, 3.63) is 51.7 Å². The number of likely N-dealkylation sites (N-methyl/N-ethyl adjacent to an activating group) is 1. The molecule has 2 rings (SSSR count). The zero-order valence-electron chi connectivity index (χ0n) is 14.3. The Labute approximate surface area is 142 Å². The highest BCUT2D eigenvalue weighted by Crippen LogP contribution is 2.13. The maximum Gasteiger partial charge on any atom is 0.275 e. The Balaban J connectivity index is 1.77. The van der Waals surface area contributed by atoms with Gasteiger partial charge in [0.1, 0.15) is 6.54 Å². The fourth-order valence-corrected chi connectivity index (χ4v) is 3.39. The molecule has 0 aliphatic heterocycles. The van der Waals surface area contributed by atoms with E-state index in [-0.39, 0.29) is 5.91 Å². The van der Waals surface area contributed by atoms with Crippen LogP contribution in [-0.4, -0.2) is 33.6 Å². The summed E-state index contributed by atoms with van der Waals surface area (Å²) in [6.45, 7) is 4.09. The monoisotopic (exact) mass is 332 g/mol. The maximum absolute atomic E-state index is 12.1. The number of quaternary nitrogens is 1. The minimum atomic E-state index is 0.0911. The first-order chi connectivity index (χ1) is 11.0. The summed E-state index contributed by atoms with van der Waals surface area (Å²) in [7, 11) is 6.10. The van der Waals surface area contributed by atoms with Gasteiger partial charge in [0.05, 0.1) is 11.9 Å². The topological polar surface area (TPSA) is 36.8 Å². The number of amides is 1. The van der Waals surface area contributed by atoms with Crippen LogP contribution >= 0.6 is 11.3 Å². The molecule has 0 aliphatic rings. The molecule has 23 heavy (non-hydrogen) atoms. The van der Waals surface area contributed by atoms with Crippen LogP contribution in [0.2, 0.25) is 0 Å². The molecule has 1 amide bonds. The number of hydrogen-bond donors (Lipinski definition) is 2. The first-order valence-corrected chi connectivity index (χ1v) is 8.71. The highest BCUT2D eigenvalue weighted by atomic mass is 32.1. The van der Waals surface area contributed by atoms with E-state index in [1.807, 2.05) is 14.1 Å². The summed E-state index contributed by atoms with van der Waals surface area (Å²) in [5.41, 5.74) is 3.60. The molecular formula is C18H26N3OS+. The van der Waals surface area contributed by atoms with E-state index in [9.17, 15) is 4.79 Å². The number of carbonyl (C=O) groups excluding carboxylic acids is 1. The van der Waals surface area contributed by atoms with Gasteiger partial charge in [-0.25, -0.2) is 0 Å². The molecule has 124 valence electrons. The molecule has 0 fully saturated rings. The van der Waals surface area contributed by atoms with Crippen molar-refractivity contribution < 1.29 is 9.69 Å². The number of anilines is 1. The normalized spacial score (nSPS) is 12.0. The van der Waals surface area contributed by atoms with E-state index in [4.69, 9.17) is 0 Å². The summed E-state index contributed by atoms with van der Waals surface area (Å²) >= 11 is 1.76. The van der Waals surface area contributed by atoms with E-state index < -0.39 is 0 Å². The van der Waals surface area contributed by atoms with Crippen molar-refractivity contribution in [2.45, 2.75) is 20.0 Å². The predicted octanol–water partition coefficient (Wildman–Crippen LogP) is 1.45. The number of aryl methyl sites for hydroxylation is 1. The van der Waals surface area contributed by atoms with Gasteiger partial charge in [-0.2, -0.15) is 0 Å². The summed E-state index contributed by atoms with van der Waals surface area (Å²) in [6, 6.07) is 10.4. The van der Waals surface area contributed by atoms with Crippen LogP contribution in [0.3, 0.4) is 0 Å². The van der Waals surface area contributed by atoms with Crippen molar-refractivity contribution in [3.63, 3.8) is 0 Å². The van der Waals surface area contributed by atoms with Gasteiger partial charge >= 0.3 is 0 Å². The van der Waals surface area contributed by atoms with Crippen LogP contribution in [0.15, 0.2) is 35.7 Å². The van der Waals surface area contributed by atoms with Gasteiger partial charge < -0.3 is 15.1 Å². The Hall–Kier alpha value is -1.85. The van der Waals surface area contributed by atoms with Crippen molar-refractivity contribution in [1.29, 1.82) is 0 Å². The molecule has 0 saturated carbocycles. The highest BCUT2D eigenvalue weighted by Gasteiger charge is 2.12. The van der Waals surface area contributed by atoms with E-state index >= 15 is 0 Å². The Morgan fingerprint density at radius 2 is 1.91 bits per heavy atom. The third kappa shape index (κ3) is 5.37.